The number of alkyl halides is 5. The van der Waals surface area contributed by atoms with E-state index in [2.05, 4.69) is 4.74 Å². The molecule has 0 atom stereocenters. The fraction of sp³-hybridized carbons (Fsp3) is 0.143. The molecule has 0 aliphatic rings. The van der Waals surface area contributed by atoms with Crippen molar-refractivity contribution in [1.29, 1.82) is 0 Å². The summed E-state index contributed by atoms with van der Waals surface area (Å²) in [6, 6.07) is 8.51. The molecule has 112 valence electrons. The molecule has 0 amide bonds. The first kappa shape index (κ1) is 15.6. The van der Waals surface area contributed by atoms with E-state index in [-0.39, 0.29) is 21.7 Å². The average Bonchev–Trinajstić information content (AvgIpc) is 2.36. The molecule has 2 aromatic rings. The Morgan fingerprint density at radius 3 is 2.33 bits per heavy atom. The molecule has 0 aliphatic heterocycles. The third-order valence-corrected chi connectivity index (χ3v) is 2.86. The van der Waals surface area contributed by atoms with E-state index >= 15 is 0 Å². The molecule has 0 bridgehead atoms. The molecular formula is C14H8ClF5O. The molecule has 0 spiro atoms. The number of hydrogen-bond donors (Lipinski definition) is 0. The summed E-state index contributed by atoms with van der Waals surface area (Å²) in [5.41, 5.74) is -0.0942. The maximum Gasteiger partial charge on any atom is 0.573 e. The first-order chi connectivity index (χ1) is 9.76. The number of halogens is 6. The van der Waals surface area contributed by atoms with Crippen LogP contribution in [0.1, 0.15) is 12.0 Å². The lowest BCUT2D eigenvalue weighted by atomic mass is 10.00. The Balaban J connectivity index is 2.47. The maximum atomic E-state index is 13.0. The third kappa shape index (κ3) is 4.07. The topological polar surface area (TPSA) is 9.23 Å². The zero-order chi connectivity index (χ0) is 15.6. The molecule has 0 saturated carbocycles. The highest BCUT2D eigenvalue weighted by Crippen LogP contribution is 2.35. The fourth-order valence-electron chi connectivity index (χ4n) is 1.83. The van der Waals surface area contributed by atoms with Crippen molar-refractivity contribution in [2.24, 2.45) is 0 Å². The largest absolute Gasteiger partial charge is 0.573 e. The van der Waals surface area contributed by atoms with Gasteiger partial charge in [0.25, 0.3) is 6.43 Å². The van der Waals surface area contributed by atoms with Gasteiger partial charge in [-0.3, -0.25) is 0 Å². The Labute approximate surface area is 121 Å². The van der Waals surface area contributed by atoms with Gasteiger partial charge in [0.05, 0.1) is 0 Å². The molecule has 1 nitrogen and oxygen atoms in total. The third-order valence-electron chi connectivity index (χ3n) is 2.63. The number of benzene rings is 2. The lowest BCUT2D eigenvalue weighted by molar-refractivity contribution is -0.274. The van der Waals surface area contributed by atoms with Gasteiger partial charge in [0, 0.05) is 10.6 Å². The highest BCUT2D eigenvalue weighted by molar-refractivity contribution is 6.30. The van der Waals surface area contributed by atoms with Crippen molar-refractivity contribution in [3.05, 3.63) is 53.1 Å². The van der Waals surface area contributed by atoms with Crippen LogP contribution < -0.4 is 4.74 Å². The van der Waals surface area contributed by atoms with Gasteiger partial charge >= 0.3 is 6.36 Å². The molecule has 0 saturated heterocycles. The molecule has 0 radical (unpaired) electrons. The summed E-state index contributed by atoms with van der Waals surface area (Å²) in [4.78, 5) is 0. The maximum absolute atomic E-state index is 13.0. The molecular weight excluding hydrogens is 315 g/mol. The van der Waals surface area contributed by atoms with Crippen LogP contribution in [0.25, 0.3) is 11.1 Å². The normalized spacial score (nSPS) is 11.8. The van der Waals surface area contributed by atoms with Crippen LogP contribution in [0.2, 0.25) is 5.02 Å². The minimum absolute atomic E-state index is 0.0603. The SMILES string of the molecule is FC(F)c1ccc(Cl)cc1-c1cccc(OC(F)(F)F)c1. The summed E-state index contributed by atoms with van der Waals surface area (Å²) < 4.78 is 66.2. The van der Waals surface area contributed by atoms with Gasteiger partial charge in [0.15, 0.2) is 0 Å². The minimum Gasteiger partial charge on any atom is -0.406 e. The van der Waals surface area contributed by atoms with E-state index in [1.807, 2.05) is 0 Å². The molecule has 2 rings (SSSR count). The van der Waals surface area contributed by atoms with Gasteiger partial charge in [-0.15, -0.1) is 13.2 Å². The molecule has 0 heterocycles. The summed E-state index contributed by atoms with van der Waals surface area (Å²) in [5, 5.41) is 0.205. The Kier molecular flexibility index (Phi) is 4.37. The van der Waals surface area contributed by atoms with E-state index in [1.54, 1.807) is 0 Å². The summed E-state index contributed by atoms with van der Waals surface area (Å²) in [5.74, 6) is -0.486. The smallest absolute Gasteiger partial charge is 0.406 e. The number of rotatable bonds is 3. The van der Waals surface area contributed by atoms with E-state index in [1.165, 1.54) is 24.3 Å². The van der Waals surface area contributed by atoms with Gasteiger partial charge in [0.2, 0.25) is 0 Å². The lowest BCUT2D eigenvalue weighted by Gasteiger charge is -2.12. The monoisotopic (exact) mass is 322 g/mol. The fourth-order valence-corrected chi connectivity index (χ4v) is 2.00. The van der Waals surface area contributed by atoms with Crippen LogP contribution in [0.15, 0.2) is 42.5 Å². The summed E-state index contributed by atoms with van der Waals surface area (Å²) >= 11 is 5.76. The van der Waals surface area contributed by atoms with Gasteiger partial charge in [-0.1, -0.05) is 29.8 Å². The zero-order valence-electron chi connectivity index (χ0n) is 10.3. The second kappa shape index (κ2) is 5.89. The standard InChI is InChI=1S/C14H8ClF5O/c15-9-4-5-11(13(16)17)12(7-9)8-2-1-3-10(6-8)21-14(18,19)20/h1-7,13H. The van der Waals surface area contributed by atoms with Gasteiger partial charge < -0.3 is 4.74 Å². The van der Waals surface area contributed by atoms with Gasteiger partial charge in [-0.05, 0) is 35.4 Å². The summed E-state index contributed by atoms with van der Waals surface area (Å²) in [6.45, 7) is 0. The van der Waals surface area contributed by atoms with Gasteiger partial charge in [-0.25, -0.2) is 8.78 Å². The predicted octanol–water partition coefficient (Wildman–Crippen LogP) is 5.84. The van der Waals surface area contributed by atoms with Crippen molar-refractivity contribution in [2.75, 3.05) is 0 Å². The zero-order valence-corrected chi connectivity index (χ0v) is 11.1. The van der Waals surface area contributed by atoms with Gasteiger partial charge in [-0.2, -0.15) is 0 Å². The highest BCUT2D eigenvalue weighted by atomic mass is 35.5. The lowest BCUT2D eigenvalue weighted by Crippen LogP contribution is -2.17. The van der Waals surface area contributed by atoms with Crippen molar-refractivity contribution in [3.8, 4) is 16.9 Å². The first-order valence-corrected chi connectivity index (χ1v) is 6.08. The van der Waals surface area contributed by atoms with Crippen LogP contribution in [-0.4, -0.2) is 6.36 Å². The molecule has 7 heteroatoms. The highest BCUT2D eigenvalue weighted by Gasteiger charge is 2.31. The summed E-state index contributed by atoms with van der Waals surface area (Å²) in [7, 11) is 0. The molecule has 0 N–H and O–H groups in total. The quantitative estimate of drug-likeness (QED) is 0.645. The molecule has 2 aromatic carbocycles. The molecule has 0 aliphatic carbocycles. The number of ether oxygens (including phenoxy) is 1. The van der Waals surface area contributed by atoms with Crippen LogP contribution in [0.3, 0.4) is 0 Å². The van der Waals surface area contributed by atoms with Crippen molar-refractivity contribution in [2.45, 2.75) is 12.8 Å². The van der Waals surface area contributed by atoms with Crippen molar-refractivity contribution < 1.29 is 26.7 Å². The Hall–Kier alpha value is -1.82. The molecule has 0 unspecified atom stereocenters. The second-order valence-corrected chi connectivity index (χ2v) is 4.54. The van der Waals surface area contributed by atoms with Crippen molar-refractivity contribution >= 4 is 11.6 Å². The predicted molar refractivity (Wildman–Crippen MR) is 68.5 cm³/mol. The summed E-state index contributed by atoms with van der Waals surface area (Å²) in [6.07, 6.45) is -7.62. The van der Waals surface area contributed by atoms with Crippen molar-refractivity contribution in [1.82, 2.24) is 0 Å². The van der Waals surface area contributed by atoms with Crippen LogP contribution in [0, 0.1) is 0 Å². The Bertz CT molecular complexity index is 640. The van der Waals surface area contributed by atoms with Crippen LogP contribution >= 0.6 is 11.6 Å². The number of hydrogen-bond acceptors (Lipinski definition) is 1. The van der Waals surface area contributed by atoms with Crippen molar-refractivity contribution in [3.63, 3.8) is 0 Å². The molecule has 21 heavy (non-hydrogen) atoms. The Morgan fingerprint density at radius 2 is 1.71 bits per heavy atom. The first-order valence-electron chi connectivity index (χ1n) is 5.70. The van der Waals surface area contributed by atoms with Crippen LogP contribution in [-0.2, 0) is 0 Å². The van der Waals surface area contributed by atoms with E-state index in [4.69, 9.17) is 11.6 Å². The van der Waals surface area contributed by atoms with E-state index in [9.17, 15) is 22.0 Å². The van der Waals surface area contributed by atoms with E-state index in [0.717, 1.165) is 18.2 Å². The average molecular weight is 323 g/mol. The Morgan fingerprint density at radius 1 is 1.00 bits per heavy atom. The van der Waals surface area contributed by atoms with E-state index in [0.29, 0.717) is 0 Å². The molecule has 0 aromatic heterocycles. The minimum atomic E-state index is -4.85. The second-order valence-electron chi connectivity index (χ2n) is 4.11. The van der Waals surface area contributed by atoms with Gasteiger partial charge in [0.1, 0.15) is 5.75 Å². The molecule has 0 fully saturated rings. The van der Waals surface area contributed by atoms with E-state index < -0.39 is 18.5 Å². The van der Waals surface area contributed by atoms with Crippen LogP contribution in [0.5, 0.6) is 5.75 Å². The van der Waals surface area contributed by atoms with Crippen LogP contribution in [0.4, 0.5) is 22.0 Å².